The summed E-state index contributed by atoms with van der Waals surface area (Å²) in [4.78, 5) is 11.9. The van der Waals surface area contributed by atoms with Gasteiger partial charge in [0, 0.05) is 11.6 Å². The highest BCUT2D eigenvalue weighted by Gasteiger charge is 2.10. The Balaban J connectivity index is 2.75. The van der Waals surface area contributed by atoms with E-state index in [4.69, 9.17) is 10.5 Å². The van der Waals surface area contributed by atoms with Gasteiger partial charge in [-0.15, -0.1) is 0 Å². The van der Waals surface area contributed by atoms with Gasteiger partial charge in [-0.3, -0.25) is 4.79 Å². The maximum absolute atomic E-state index is 11.9. The van der Waals surface area contributed by atoms with Crippen LogP contribution in [-0.4, -0.2) is 18.6 Å². The first-order chi connectivity index (χ1) is 8.93. The molecule has 0 spiro atoms. The molecule has 0 saturated carbocycles. The van der Waals surface area contributed by atoms with Crippen molar-refractivity contribution in [3.05, 3.63) is 35.9 Å². The fourth-order valence-electron chi connectivity index (χ4n) is 1.43. The predicted octanol–water partition coefficient (Wildman–Crippen LogP) is 2.75. The van der Waals surface area contributed by atoms with Crippen LogP contribution in [-0.2, 0) is 0 Å². The van der Waals surface area contributed by atoms with Gasteiger partial charge >= 0.3 is 0 Å². The SMILES string of the molecule is C=C(C)COc1ccc(C(=O)NC(C)CC)cc1N. The molecule has 4 nitrogen and oxygen atoms in total. The van der Waals surface area contributed by atoms with E-state index in [9.17, 15) is 4.79 Å². The Kier molecular flexibility index (Phi) is 5.42. The zero-order valence-corrected chi connectivity index (χ0v) is 11.8. The van der Waals surface area contributed by atoms with Crippen LogP contribution in [0.1, 0.15) is 37.6 Å². The fourth-order valence-corrected chi connectivity index (χ4v) is 1.43. The summed E-state index contributed by atoms with van der Waals surface area (Å²) in [6.45, 7) is 10.0. The summed E-state index contributed by atoms with van der Waals surface area (Å²) < 4.78 is 5.48. The van der Waals surface area contributed by atoms with Crippen molar-refractivity contribution < 1.29 is 9.53 Å². The Labute approximate surface area is 114 Å². The first-order valence-corrected chi connectivity index (χ1v) is 6.41. The number of anilines is 1. The average molecular weight is 262 g/mol. The molecule has 0 bridgehead atoms. The van der Waals surface area contributed by atoms with E-state index in [1.165, 1.54) is 0 Å². The highest BCUT2D eigenvalue weighted by molar-refractivity contribution is 5.95. The number of amides is 1. The van der Waals surface area contributed by atoms with Crippen LogP contribution in [0.4, 0.5) is 5.69 Å². The van der Waals surface area contributed by atoms with Crippen LogP contribution in [0.3, 0.4) is 0 Å². The molecule has 0 heterocycles. The van der Waals surface area contributed by atoms with E-state index >= 15 is 0 Å². The Morgan fingerprint density at radius 2 is 2.21 bits per heavy atom. The van der Waals surface area contributed by atoms with Crippen molar-refractivity contribution >= 4 is 11.6 Å². The van der Waals surface area contributed by atoms with Gasteiger partial charge in [0.25, 0.3) is 5.91 Å². The summed E-state index contributed by atoms with van der Waals surface area (Å²) in [6, 6.07) is 5.20. The summed E-state index contributed by atoms with van der Waals surface area (Å²) in [6.07, 6.45) is 0.890. The first-order valence-electron chi connectivity index (χ1n) is 6.41. The van der Waals surface area contributed by atoms with E-state index in [0.29, 0.717) is 23.6 Å². The maximum atomic E-state index is 11.9. The number of ether oxygens (including phenoxy) is 1. The molecule has 3 N–H and O–H groups in total. The van der Waals surface area contributed by atoms with Crippen molar-refractivity contribution in [2.24, 2.45) is 0 Å². The van der Waals surface area contributed by atoms with Crippen LogP contribution in [0.2, 0.25) is 0 Å². The van der Waals surface area contributed by atoms with E-state index in [2.05, 4.69) is 11.9 Å². The summed E-state index contributed by atoms with van der Waals surface area (Å²) >= 11 is 0. The molecule has 0 aromatic heterocycles. The van der Waals surface area contributed by atoms with Crippen molar-refractivity contribution in [3.63, 3.8) is 0 Å². The van der Waals surface area contributed by atoms with Gasteiger partial charge in [-0.2, -0.15) is 0 Å². The van der Waals surface area contributed by atoms with Crippen LogP contribution in [0.25, 0.3) is 0 Å². The second kappa shape index (κ2) is 6.83. The molecule has 0 fully saturated rings. The number of hydrogen-bond acceptors (Lipinski definition) is 3. The second-order valence-electron chi connectivity index (χ2n) is 4.78. The molecule has 19 heavy (non-hydrogen) atoms. The molecule has 1 amide bonds. The molecule has 1 unspecified atom stereocenters. The molecule has 4 heteroatoms. The molecule has 0 aliphatic heterocycles. The van der Waals surface area contributed by atoms with Gasteiger partial charge < -0.3 is 15.8 Å². The zero-order chi connectivity index (χ0) is 14.4. The van der Waals surface area contributed by atoms with Crippen LogP contribution < -0.4 is 15.8 Å². The number of benzene rings is 1. The van der Waals surface area contributed by atoms with Crippen LogP contribution in [0.5, 0.6) is 5.75 Å². The fraction of sp³-hybridized carbons (Fsp3) is 0.400. The van der Waals surface area contributed by atoms with Crippen LogP contribution in [0.15, 0.2) is 30.4 Å². The van der Waals surface area contributed by atoms with Crippen molar-refractivity contribution in [2.75, 3.05) is 12.3 Å². The van der Waals surface area contributed by atoms with Crippen molar-refractivity contribution in [1.29, 1.82) is 0 Å². The Morgan fingerprint density at radius 3 is 2.74 bits per heavy atom. The average Bonchev–Trinajstić information content (AvgIpc) is 2.36. The molecule has 0 radical (unpaired) electrons. The summed E-state index contributed by atoms with van der Waals surface area (Å²) in [5.74, 6) is 0.454. The zero-order valence-electron chi connectivity index (χ0n) is 11.8. The quantitative estimate of drug-likeness (QED) is 0.612. The number of carbonyl (C=O) groups is 1. The highest BCUT2D eigenvalue weighted by atomic mass is 16.5. The van der Waals surface area contributed by atoms with Gasteiger partial charge in [-0.05, 0) is 44.0 Å². The molecule has 1 aromatic carbocycles. The molecule has 1 rings (SSSR count). The molecule has 0 aliphatic carbocycles. The Morgan fingerprint density at radius 1 is 1.53 bits per heavy atom. The number of nitrogen functional groups attached to an aromatic ring is 1. The smallest absolute Gasteiger partial charge is 0.251 e. The number of hydrogen-bond donors (Lipinski definition) is 2. The van der Waals surface area contributed by atoms with Crippen LogP contribution in [0, 0.1) is 0 Å². The van der Waals surface area contributed by atoms with Gasteiger partial charge in [0.2, 0.25) is 0 Å². The van der Waals surface area contributed by atoms with Gasteiger partial charge in [-0.1, -0.05) is 13.5 Å². The van der Waals surface area contributed by atoms with E-state index < -0.39 is 0 Å². The minimum absolute atomic E-state index is 0.118. The summed E-state index contributed by atoms with van der Waals surface area (Å²) in [7, 11) is 0. The highest BCUT2D eigenvalue weighted by Crippen LogP contribution is 2.23. The lowest BCUT2D eigenvalue weighted by Crippen LogP contribution is -2.31. The topological polar surface area (TPSA) is 64.3 Å². The van der Waals surface area contributed by atoms with E-state index in [1.807, 2.05) is 20.8 Å². The third-order valence-corrected chi connectivity index (χ3v) is 2.74. The molecule has 104 valence electrons. The lowest BCUT2D eigenvalue weighted by atomic mass is 10.1. The Bertz CT molecular complexity index is 469. The molecular weight excluding hydrogens is 240 g/mol. The minimum atomic E-state index is -0.118. The van der Waals surface area contributed by atoms with Crippen molar-refractivity contribution in [2.45, 2.75) is 33.2 Å². The molecule has 1 aromatic rings. The maximum Gasteiger partial charge on any atom is 0.251 e. The lowest BCUT2D eigenvalue weighted by Gasteiger charge is -2.13. The van der Waals surface area contributed by atoms with E-state index in [-0.39, 0.29) is 11.9 Å². The van der Waals surface area contributed by atoms with Gasteiger partial charge in [0.1, 0.15) is 12.4 Å². The number of carbonyl (C=O) groups excluding carboxylic acids is 1. The molecular formula is C15H22N2O2. The minimum Gasteiger partial charge on any atom is -0.487 e. The number of nitrogens with one attached hydrogen (secondary N) is 1. The first kappa shape index (κ1) is 15.1. The number of rotatable bonds is 6. The Hall–Kier alpha value is -1.97. The monoisotopic (exact) mass is 262 g/mol. The summed E-state index contributed by atoms with van der Waals surface area (Å²) in [5.41, 5.74) is 7.79. The van der Waals surface area contributed by atoms with E-state index in [0.717, 1.165) is 12.0 Å². The predicted molar refractivity (Wildman–Crippen MR) is 78.4 cm³/mol. The van der Waals surface area contributed by atoms with Crippen LogP contribution >= 0.6 is 0 Å². The molecule has 0 saturated heterocycles. The van der Waals surface area contributed by atoms with Crippen molar-refractivity contribution in [3.8, 4) is 5.75 Å². The van der Waals surface area contributed by atoms with Crippen molar-refractivity contribution in [1.82, 2.24) is 5.32 Å². The van der Waals surface area contributed by atoms with Gasteiger partial charge in [0.15, 0.2) is 0 Å². The van der Waals surface area contributed by atoms with Gasteiger partial charge in [0.05, 0.1) is 5.69 Å². The number of nitrogens with two attached hydrogens (primary N) is 1. The summed E-state index contributed by atoms with van der Waals surface area (Å²) in [5, 5.41) is 2.89. The normalized spacial score (nSPS) is 11.7. The van der Waals surface area contributed by atoms with E-state index in [1.54, 1.807) is 18.2 Å². The largest absolute Gasteiger partial charge is 0.487 e. The third-order valence-electron chi connectivity index (χ3n) is 2.74. The molecule has 1 atom stereocenters. The second-order valence-corrected chi connectivity index (χ2v) is 4.78. The lowest BCUT2D eigenvalue weighted by molar-refractivity contribution is 0.0939. The standard InChI is InChI=1S/C15H22N2O2/c1-5-11(4)17-15(18)12-6-7-14(13(16)8-12)19-9-10(2)3/h6-8,11H,2,5,9,16H2,1,3-4H3,(H,17,18). The van der Waals surface area contributed by atoms with Gasteiger partial charge in [-0.25, -0.2) is 0 Å². The third kappa shape index (κ3) is 4.66. The molecule has 0 aliphatic rings.